The number of carbonyl (C=O) groups excluding carboxylic acids is 3. The molecule has 0 bridgehead atoms. The lowest BCUT2D eigenvalue weighted by Gasteiger charge is -2.12. The third kappa shape index (κ3) is 3.24. The maximum absolute atomic E-state index is 12.2. The van der Waals surface area contributed by atoms with Crippen LogP contribution in [-0.4, -0.2) is 42.5 Å². The van der Waals surface area contributed by atoms with Crippen LogP contribution in [0.3, 0.4) is 0 Å². The average molecular weight is 330 g/mol. The topological polar surface area (TPSA) is 75.7 Å². The number of benzene rings is 1. The minimum atomic E-state index is -0.563. The number of urea groups is 1. The quantitative estimate of drug-likeness (QED) is 0.871. The van der Waals surface area contributed by atoms with Gasteiger partial charge in [-0.3, -0.25) is 9.69 Å². The highest BCUT2D eigenvalue weighted by Crippen LogP contribution is 2.28. The maximum atomic E-state index is 12.2. The number of ether oxygens (including phenoxy) is 1. The maximum Gasteiger partial charge on any atom is 0.349 e. The summed E-state index contributed by atoms with van der Waals surface area (Å²) in [4.78, 5) is 37.0. The van der Waals surface area contributed by atoms with Crippen molar-refractivity contribution in [2.45, 2.75) is 0 Å². The summed E-state index contributed by atoms with van der Waals surface area (Å²) in [7, 11) is 0. The Morgan fingerprint density at radius 2 is 2.00 bits per heavy atom. The van der Waals surface area contributed by atoms with Crippen LogP contribution in [0.5, 0.6) is 0 Å². The van der Waals surface area contributed by atoms with Crippen molar-refractivity contribution in [3.63, 3.8) is 0 Å². The van der Waals surface area contributed by atoms with E-state index in [1.54, 1.807) is 5.38 Å². The molecule has 1 N–H and O–H groups in total. The van der Waals surface area contributed by atoms with Crippen molar-refractivity contribution < 1.29 is 19.1 Å². The molecular weight excluding hydrogens is 316 g/mol. The lowest BCUT2D eigenvalue weighted by Crippen LogP contribution is -2.37. The summed E-state index contributed by atoms with van der Waals surface area (Å²) >= 11 is 1.26. The second kappa shape index (κ2) is 6.62. The van der Waals surface area contributed by atoms with Crippen molar-refractivity contribution in [3.8, 4) is 11.1 Å². The molecule has 7 heteroatoms. The van der Waals surface area contributed by atoms with E-state index in [1.165, 1.54) is 11.3 Å². The first kappa shape index (κ1) is 15.2. The lowest BCUT2D eigenvalue weighted by atomic mass is 10.1. The normalized spacial score (nSPS) is 13.7. The van der Waals surface area contributed by atoms with Crippen LogP contribution in [0.4, 0.5) is 4.79 Å². The number of rotatable bonds is 4. The highest BCUT2D eigenvalue weighted by Gasteiger charge is 2.27. The molecule has 1 saturated heterocycles. The Morgan fingerprint density at radius 1 is 1.22 bits per heavy atom. The molecule has 3 rings (SSSR count). The Balaban J connectivity index is 1.67. The van der Waals surface area contributed by atoms with Crippen molar-refractivity contribution in [2.24, 2.45) is 0 Å². The largest absolute Gasteiger partial charge is 0.451 e. The Morgan fingerprint density at radius 3 is 2.70 bits per heavy atom. The molecule has 2 aromatic rings. The fourth-order valence-electron chi connectivity index (χ4n) is 2.29. The van der Waals surface area contributed by atoms with Crippen molar-refractivity contribution in [3.05, 3.63) is 46.7 Å². The highest BCUT2D eigenvalue weighted by molar-refractivity contribution is 7.12. The summed E-state index contributed by atoms with van der Waals surface area (Å²) in [5.41, 5.74) is 1.68. The molecule has 0 unspecified atom stereocenters. The van der Waals surface area contributed by atoms with Crippen LogP contribution in [0.2, 0.25) is 0 Å². The minimum Gasteiger partial charge on any atom is -0.451 e. The van der Waals surface area contributed by atoms with E-state index in [1.807, 2.05) is 36.4 Å². The van der Waals surface area contributed by atoms with Crippen LogP contribution in [-0.2, 0) is 9.53 Å². The van der Waals surface area contributed by atoms with Crippen molar-refractivity contribution >= 4 is 29.2 Å². The SMILES string of the molecule is O=C(OCC(=O)N1CCNC1=O)c1sccc1-c1ccccc1. The number of esters is 1. The molecule has 23 heavy (non-hydrogen) atoms. The van der Waals surface area contributed by atoms with E-state index >= 15 is 0 Å². The van der Waals surface area contributed by atoms with Gasteiger partial charge in [0, 0.05) is 18.7 Å². The zero-order valence-electron chi connectivity index (χ0n) is 12.2. The number of thiophene rings is 1. The predicted molar refractivity (Wildman–Crippen MR) is 85.1 cm³/mol. The van der Waals surface area contributed by atoms with Crippen LogP contribution < -0.4 is 5.32 Å². The van der Waals surface area contributed by atoms with Gasteiger partial charge in [0.05, 0.1) is 0 Å². The molecular formula is C16H14N2O4S. The van der Waals surface area contributed by atoms with Gasteiger partial charge in [-0.1, -0.05) is 30.3 Å². The summed E-state index contributed by atoms with van der Waals surface area (Å²) in [6.07, 6.45) is 0. The molecule has 6 nitrogen and oxygen atoms in total. The molecule has 3 amide bonds. The van der Waals surface area contributed by atoms with Crippen LogP contribution in [0, 0.1) is 0 Å². The molecule has 1 aliphatic heterocycles. The zero-order valence-corrected chi connectivity index (χ0v) is 13.0. The summed E-state index contributed by atoms with van der Waals surface area (Å²) in [6, 6.07) is 10.9. The third-order valence-corrected chi connectivity index (χ3v) is 4.31. The fraction of sp³-hybridized carbons (Fsp3) is 0.188. The minimum absolute atomic E-state index is 0.295. The number of hydrogen-bond acceptors (Lipinski definition) is 5. The molecule has 0 spiro atoms. The van der Waals surface area contributed by atoms with Gasteiger partial charge in [-0.25, -0.2) is 9.59 Å². The summed E-state index contributed by atoms with van der Waals surface area (Å²) in [5.74, 6) is -1.09. The Labute approximate surface area is 136 Å². The fourth-order valence-corrected chi connectivity index (χ4v) is 3.10. The molecule has 1 fully saturated rings. The van der Waals surface area contributed by atoms with E-state index in [0.717, 1.165) is 16.0 Å². The van der Waals surface area contributed by atoms with Crippen molar-refractivity contribution in [2.75, 3.05) is 19.7 Å². The van der Waals surface area contributed by atoms with Gasteiger partial charge in [0.2, 0.25) is 0 Å². The Bertz CT molecular complexity index is 742. The third-order valence-electron chi connectivity index (χ3n) is 3.42. The number of nitrogens with one attached hydrogen (secondary N) is 1. The highest BCUT2D eigenvalue weighted by atomic mass is 32.1. The van der Waals surface area contributed by atoms with Gasteiger partial charge in [0.1, 0.15) is 4.88 Å². The van der Waals surface area contributed by atoms with E-state index in [-0.39, 0.29) is 0 Å². The van der Waals surface area contributed by atoms with E-state index in [0.29, 0.717) is 18.0 Å². The first-order chi connectivity index (χ1) is 11.2. The van der Waals surface area contributed by atoms with E-state index in [4.69, 9.17) is 4.74 Å². The second-order valence-corrected chi connectivity index (χ2v) is 5.80. The molecule has 0 radical (unpaired) electrons. The van der Waals surface area contributed by atoms with Crippen LogP contribution >= 0.6 is 11.3 Å². The number of carbonyl (C=O) groups is 3. The van der Waals surface area contributed by atoms with Crippen molar-refractivity contribution in [1.29, 1.82) is 0 Å². The van der Waals surface area contributed by atoms with E-state index < -0.39 is 24.5 Å². The average Bonchev–Trinajstić information content (AvgIpc) is 3.22. The van der Waals surface area contributed by atoms with Crippen LogP contribution in [0.25, 0.3) is 11.1 Å². The standard InChI is InChI=1S/C16H14N2O4S/c19-13(18-8-7-17-16(18)21)10-22-15(20)14-12(6-9-23-14)11-4-2-1-3-5-11/h1-6,9H,7-8,10H2,(H,17,21). The van der Waals surface area contributed by atoms with Crippen LogP contribution in [0.15, 0.2) is 41.8 Å². The number of imide groups is 1. The smallest absolute Gasteiger partial charge is 0.349 e. The summed E-state index contributed by atoms with van der Waals surface area (Å²) in [6.45, 7) is 0.267. The van der Waals surface area contributed by atoms with E-state index in [9.17, 15) is 14.4 Å². The second-order valence-electron chi connectivity index (χ2n) is 4.88. The van der Waals surface area contributed by atoms with Gasteiger partial charge >= 0.3 is 12.0 Å². The molecule has 1 aromatic heterocycles. The van der Waals surface area contributed by atoms with Crippen molar-refractivity contribution in [1.82, 2.24) is 10.2 Å². The lowest BCUT2D eigenvalue weighted by molar-refractivity contribution is -0.130. The number of hydrogen-bond donors (Lipinski definition) is 1. The number of amides is 3. The Hall–Kier alpha value is -2.67. The molecule has 118 valence electrons. The Kier molecular flexibility index (Phi) is 4.38. The van der Waals surface area contributed by atoms with Crippen LogP contribution in [0.1, 0.15) is 9.67 Å². The molecule has 2 heterocycles. The molecule has 0 saturated carbocycles. The molecule has 0 atom stereocenters. The first-order valence-electron chi connectivity index (χ1n) is 7.05. The van der Waals surface area contributed by atoms with Gasteiger partial charge in [0.15, 0.2) is 6.61 Å². The molecule has 0 aliphatic carbocycles. The van der Waals surface area contributed by atoms with Gasteiger partial charge < -0.3 is 10.1 Å². The molecule has 1 aliphatic rings. The monoisotopic (exact) mass is 330 g/mol. The number of nitrogens with zero attached hydrogens (tertiary/aromatic N) is 1. The van der Waals surface area contributed by atoms with E-state index in [2.05, 4.69) is 5.32 Å². The van der Waals surface area contributed by atoms with Gasteiger partial charge in [0.25, 0.3) is 5.91 Å². The molecule has 1 aromatic carbocycles. The summed E-state index contributed by atoms with van der Waals surface area (Å²) in [5, 5.41) is 4.32. The first-order valence-corrected chi connectivity index (χ1v) is 7.93. The summed E-state index contributed by atoms with van der Waals surface area (Å²) < 4.78 is 5.07. The zero-order chi connectivity index (χ0) is 16.2. The van der Waals surface area contributed by atoms with Gasteiger partial charge in [-0.05, 0) is 17.0 Å². The van der Waals surface area contributed by atoms with Gasteiger partial charge in [-0.2, -0.15) is 0 Å². The predicted octanol–water partition coefficient (Wildman–Crippen LogP) is 2.12. The van der Waals surface area contributed by atoms with Gasteiger partial charge in [-0.15, -0.1) is 11.3 Å².